The molecule has 2 aromatic rings. The van der Waals surface area contributed by atoms with E-state index in [2.05, 4.69) is 14.4 Å². The second-order valence-electron chi connectivity index (χ2n) is 7.14. The van der Waals surface area contributed by atoms with Crippen LogP contribution >= 0.6 is 0 Å². The minimum atomic E-state index is -3.92. The fraction of sp³-hybridized carbons (Fsp3) is 0.364. The van der Waals surface area contributed by atoms with Crippen LogP contribution in [0.1, 0.15) is 20.7 Å². The average Bonchev–Trinajstić information content (AvgIpc) is 2.83. The van der Waals surface area contributed by atoms with Crippen LogP contribution in [0.15, 0.2) is 53.4 Å². The van der Waals surface area contributed by atoms with Crippen LogP contribution in [0, 0.1) is 0 Å². The summed E-state index contributed by atoms with van der Waals surface area (Å²) in [5, 5.41) is 0. The summed E-state index contributed by atoms with van der Waals surface area (Å²) in [6.07, 6.45) is 0. The smallest absolute Gasteiger partial charge is 0.337 e. The van der Waals surface area contributed by atoms with Gasteiger partial charge in [-0.15, -0.1) is 0 Å². The van der Waals surface area contributed by atoms with Crippen molar-refractivity contribution in [1.82, 2.24) is 9.21 Å². The Morgan fingerprint density at radius 3 is 1.97 bits per heavy atom. The van der Waals surface area contributed by atoms with Crippen LogP contribution in [0.4, 0.5) is 0 Å². The van der Waals surface area contributed by atoms with E-state index in [-0.39, 0.29) is 29.1 Å². The van der Waals surface area contributed by atoms with Crippen LogP contribution < -0.4 is 4.74 Å². The molecule has 0 saturated carbocycles. The van der Waals surface area contributed by atoms with Crippen molar-refractivity contribution in [2.75, 3.05) is 53.6 Å². The molecule has 0 bridgehead atoms. The van der Waals surface area contributed by atoms with Gasteiger partial charge in [-0.3, -0.25) is 4.90 Å². The van der Waals surface area contributed by atoms with Gasteiger partial charge in [0.1, 0.15) is 12.4 Å². The van der Waals surface area contributed by atoms with E-state index in [0.717, 1.165) is 5.75 Å². The Balaban J connectivity index is 1.66. The molecule has 1 saturated heterocycles. The molecule has 0 unspecified atom stereocenters. The van der Waals surface area contributed by atoms with E-state index in [1.165, 1.54) is 36.7 Å². The molecule has 3 rings (SSSR count). The van der Waals surface area contributed by atoms with Crippen molar-refractivity contribution in [3.8, 4) is 5.75 Å². The molecule has 0 spiro atoms. The van der Waals surface area contributed by atoms with E-state index >= 15 is 0 Å². The first-order chi connectivity index (χ1) is 15.3. The van der Waals surface area contributed by atoms with Gasteiger partial charge in [-0.1, -0.05) is 18.2 Å². The van der Waals surface area contributed by atoms with Crippen molar-refractivity contribution in [2.45, 2.75) is 4.90 Å². The molecule has 1 aliphatic heterocycles. The quantitative estimate of drug-likeness (QED) is 0.546. The van der Waals surface area contributed by atoms with Crippen LogP contribution in [0.2, 0.25) is 0 Å². The summed E-state index contributed by atoms with van der Waals surface area (Å²) in [6.45, 7) is 2.82. The molecule has 0 radical (unpaired) electrons. The van der Waals surface area contributed by atoms with Crippen molar-refractivity contribution in [3.63, 3.8) is 0 Å². The van der Waals surface area contributed by atoms with Crippen molar-refractivity contribution < 1.29 is 32.2 Å². The van der Waals surface area contributed by atoms with Crippen LogP contribution in [0.25, 0.3) is 0 Å². The Bertz CT molecular complexity index is 1010. The normalized spacial score (nSPS) is 15.2. The van der Waals surface area contributed by atoms with Gasteiger partial charge in [-0.25, -0.2) is 18.0 Å². The maximum absolute atomic E-state index is 13.2. The first-order valence-electron chi connectivity index (χ1n) is 10.1. The molecule has 10 heteroatoms. The minimum absolute atomic E-state index is 0.0364. The van der Waals surface area contributed by atoms with Crippen molar-refractivity contribution >= 4 is 22.0 Å². The number of methoxy groups -OCH3 is 2. The van der Waals surface area contributed by atoms with Gasteiger partial charge in [0.25, 0.3) is 0 Å². The zero-order valence-electron chi connectivity index (χ0n) is 18.0. The van der Waals surface area contributed by atoms with Gasteiger partial charge < -0.3 is 14.2 Å². The number of rotatable bonds is 8. The van der Waals surface area contributed by atoms with Crippen molar-refractivity contribution in [1.29, 1.82) is 0 Å². The summed E-state index contributed by atoms with van der Waals surface area (Å²) in [5.41, 5.74) is -0.0728. The lowest BCUT2D eigenvalue weighted by molar-refractivity contribution is 0.0598. The highest BCUT2D eigenvalue weighted by Crippen LogP contribution is 2.22. The van der Waals surface area contributed by atoms with Crippen LogP contribution in [-0.2, 0) is 19.5 Å². The number of hydrogen-bond donors (Lipinski definition) is 0. The monoisotopic (exact) mass is 462 g/mol. The van der Waals surface area contributed by atoms with Gasteiger partial charge in [-0.2, -0.15) is 4.31 Å². The summed E-state index contributed by atoms with van der Waals surface area (Å²) in [6, 6.07) is 13.2. The highest BCUT2D eigenvalue weighted by molar-refractivity contribution is 7.89. The highest BCUT2D eigenvalue weighted by atomic mass is 32.2. The fourth-order valence-electron chi connectivity index (χ4n) is 3.37. The first-order valence-corrected chi connectivity index (χ1v) is 11.5. The van der Waals surface area contributed by atoms with Gasteiger partial charge in [0.15, 0.2) is 0 Å². The van der Waals surface area contributed by atoms with Crippen LogP contribution in [-0.4, -0.2) is 83.1 Å². The van der Waals surface area contributed by atoms with Gasteiger partial charge in [0.05, 0.1) is 30.2 Å². The predicted molar refractivity (Wildman–Crippen MR) is 116 cm³/mol. The maximum Gasteiger partial charge on any atom is 0.337 e. The molecule has 0 amide bonds. The van der Waals surface area contributed by atoms with E-state index in [9.17, 15) is 18.0 Å². The summed E-state index contributed by atoms with van der Waals surface area (Å²) in [4.78, 5) is 25.9. The number of esters is 2. The topological polar surface area (TPSA) is 102 Å². The van der Waals surface area contributed by atoms with Crippen LogP contribution in [0.3, 0.4) is 0 Å². The number of carbonyl (C=O) groups is 2. The van der Waals surface area contributed by atoms with Crippen LogP contribution in [0.5, 0.6) is 5.75 Å². The van der Waals surface area contributed by atoms with Gasteiger partial charge in [0, 0.05) is 32.7 Å². The van der Waals surface area contributed by atoms with Gasteiger partial charge >= 0.3 is 11.9 Å². The lowest BCUT2D eigenvalue weighted by Crippen LogP contribution is -2.49. The Morgan fingerprint density at radius 1 is 0.875 bits per heavy atom. The van der Waals surface area contributed by atoms with E-state index in [1.54, 1.807) is 0 Å². The van der Waals surface area contributed by atoms with E-state index < -0.39 is 22.0 Å². The molecule has 0 atom stereocenters. The summed E-state index contributed by atoms with van der Waals surface area (Å²) < 4.78 is 42.8. The third kappa shape index (κ3) is 5.64. The number of sulfonamides is 1. The minimum Gasteiger partial charge on any atom is -0.492 e. The molecule has 1 aliphatic rings. The van der Waals surface area contributed by atoms with Crippen molar-refractivity contribution in [3.05, 3.63) is 59.7 Å². The third-order valence-corrected chi connectivity index (χ3v) is 7.01. The number of nitrogens with zero attached hydrogens (tertiary/aromatic N) is 2. The van der Waals surface area contributed by atoms with E-state index in [1.807, 2.05) is 30.3 Å². The third-order valence-electron chi connectivity index (χ3n) is 5.14. The number of benzene rings is 2. The molecule has 2 aromatic carbocycles. The largest absolute Gasteiger partial charge is 0.492 e. The maximum atomic E-state index is 13.2. The second-order valence-corrected chi connectivity index (χ2v) is 9.07. The lowest BCUT2D eigenvalue weighted by atomic mass is 10.1. The fourth-order valence-corrected chi connectivity index (χ4v) is 4.87. The molecule has 0 N–H and O–H groups in total. The predicted octanol–water partition coefficient (Wildman–Crippen LogP) is 1.65. The Hall–Kier alpha value is -2.95. The zero-order chi connectivity index (χ0) is 23.1. The number of para-hydroxylation sites is 1. The lowest BCUT2D eigenvalue weighted by Gasteiger charge is -2.33. The summed E-state index contributed by atoms with van der Waals surface area (Å²) in [5.74, 6) is -0.688. The van der Waals surface area contributed by atoms with Gasteiger partial charge in [0.2, 0.25) is 10.0 Å². The summed E-state index contributed by atoms with van der Waals surface area (Å²) in [7, 11) is -1.55. The molecular weight excluding hydrogens is 436 g/mol. The molecule has 1 fully saturated rings. The Labute approximate surface area is 187 Å². The number of hydrogen-bond acceptors (Lipinski definition) is 8. The summed E-state index contributed by atoms with van der Waals surface area (Å²) >= 11 is 0. The molecule has 0 aliphatic carbocycles. The highest BCUT2D eigenvalue weighted by Gasteiger charge is 2.30. The van der Waals surface area contributed by atoms with Gasteiger partial charge in [-0.05, 0) is 30.3 Å². The zero-order valence-corrected chi connectivity index (χ0v) is 18.8. The van der Waals surface area contributed by atoms with Crippen molar-refractivity contribution in [2.24, 2.45) is 0 Å². The number of piperazine rings is 1. The molecule has 0 aromatic heterocycles. The molecular formula is C22H26N2O7S. The average molecular weight is 463 g/mol. The number of ether oxygens (including phenoxy) is 3. The SMILES string of the molecule is COC(=O)c1cc(C(=O)OC)cc(S(=O)(=O)N2CCN(CCOc3ccccc3)CC2)c1. The first kappa shape index (κ1) is 23.7. The Morgan fingerprint density at radius 2 is 1.44 bits per heavy atom. The molecule has 32 heavy (non-hydrogen) atoms. The molecule has 172 valence electrons. The Kier molecular flexibility index (Phi) is 7.84. The molecule has 9 nitrogen and oxygen atoms in total. The van der Waals surface area contributed by atoms with E-state index in [0.29, 0.717) is 26.2 Å². The van der Waals surface area contributed by atoms with E-state index in [4.69, 9.17) is 4.74 Å². The number of carbonyl (C=O) groups excluding carboxylic acids is 2. The standard InChI is InChI=1S/C22H26N2O7S/c1-29-21(25)17-14-18(22(26)30-2)16-20(15-17)32(27,28)24-10-8-23(9-11-24)12-13-31-19-6-4-3-5-7-19/h3-7,14-16H,8-13H2,1-2H3. The second kappa shape index (κ2) is 10.6. The molecule has 1 heterocycles.